The molecule has 2 atom stereocenters. The Morgan fingerprint density at radius 1 is 1.14 bits per heavy atom. The number of benzene rings is 1. The number of esters is 2. The molecular weight excluding hydrogens is 478 g/mol. The summed E-state index contributed by atoms with van der Waals surface area (Å²) in [6, 6.07) is 7.04. The summed E-state index contributed by atoms with van der Waals surface area (Å²) in [5, 5.41) is 0. The lowest BCUT2D eigenvalue weighted by Gasteiger charge is -2.42. The second-order valence-corrected chi connectivity index (χ2v) is 9.97. The van der Waals surface area contributed by atoms with Gasteiger partial charge in [-0.3, -0.25) is 14.1 Å². The fourth-order valence-corrected chi connectivity index (χ4v) is 5.09. The van der Waals surface area contributed by atoms with Crippen molar-refractivity contribution in [2.45, 2.75) is 71.9 Å². The average molecular weight is 517 g/mol. The predicted octanol–water partition coefficient (Wildman–Crippen LogP) is 5.18. The molecule has 0 radical (unpaired) electrons. The molecule has 0 saturated carbocycles. The van der Waals surface area contributed by atoms with Gasteiger partial charge in [-0.1, -0.05) is 57.4 Å². The Hall–Kier alpha value is -2.78. The van der Waals surface area contributed by atoms with Gasteiger partial charge in [0.2, 0.25) is 6.23 Å². The standard InChI is InChI=1S/C27H38N3O5S/c1-5-7-8-11-17-33-27-26(28-36-29-27)22-14-12-16-30(4,19-22)24(6-2)35-25(32)18-21-13-9-10-15-23(21)34-20(3)31/h9-10,13-15,24H,5-8,11-12,16-19H2,1-4H3/q+1. The molecule has 3 rings (SSSR count). The van der Waals surface area contributed by atoms with E-state index in [-0.39, 0.29) is 18.6 Å². The van der Waals surface area contributed by atoms with Crippen LogP contribution >= 0.6 is 11.7 Å². The number of ether oxygens (including phenoxy) is 3. The third kappa shape index (κ3) is 7.61. The van der Waals surface area contributed by atoms with Gasteiger partial charge < -0.3 is 14.2 Å². The number of para-hydroxylation sites is 1. The quantitative estimate of drug-likeness (QED) is 0.157. The number of rotatable bonds is 13. The molecule has 0 amide bonds. The van der Waals surface area contributed by atoms with Crippen LogP contribution in [-0.4, -0.2) is 58.1 Å². The van der Waals surface area contributed by atoms with Crippen LogP contribution in [0.3, 0.4) is 0 Å². The zero-order valence-corrected chi connectivity index (χ0v) is 22.6. The summed E-state index contributed by atoms with van der Waals surface area (Å²) < 4.78 is 26.7. The van der Waals surface area contributed by atoms with Crippen LogP contribution in [0.5, 0.6) is 11.6 Å². The van der Waals surface area contributed by atoms with E-state index in [0.29, 0.717) is 41.2 Å². The second-order valence-electron chi connectivity index (χ2n) is 9.44. The Morgan fingerprint density at radius 2 is 1.94 bits per heavy atom. The minimum absolute atomic E-state index is 0.0364. The van der Waals surface area contributed by atoms with Crippen LogP contribution in [0, 0.1) is 0 Å². The largest absolute Gasteiger partial charge is 0.475 e. The molecule has 0 bridgehead atoms. The number of carbonyl (C=O) groups excluding carboxylic acids is 2. The van der Waals surface area contributed by atoms with Gasteiger partial charge in [-0.25, -0.2) is 0 Å². The zero-order valence-electron chi connectivity index (χ0n) is 21.8. The summed E-state index contributed by atoms with van der Waals surface area (Å²) in [5.41, 5.74) is 2.51. The van der Waals surface area contributed by atoms with Crippen molar-refractivity contribution in [1.82, 2.24) is 8.75 Å². The molecule has 2 unspecified atom stereocenters. The van der Waals surface area contributed by atoms with Gasteiger partial charge in [-0.2, -0.15) is 4.37 Å². The van der Waals surface area contributed by atoms with Crippen molar-refractivity contribution in [2.75, 3.05) is 26.7 Å². The van der Waals surface area contributed by atoms with E-state index in [1.165, 1.54) is 31.5 Å². The molecule has 1 aliphatic heterocycles. The summed E-state index contributed by atoms with van der Waals surface area (Å²) in [5.74, 6) is 0.220. The van der Waals surface area contributed by atoms with E-state index < -0.39 is 5.97 Å². The van der Waals surface area contributed by atoms with E-state index in [1.807, 2.05) is 13.0 Å². The van der Waals surface area contributed by atoms with Crippen LogP contribution in [0.2, 0.25) is 0 Å². The van der Waals surface area contributed by atoms with Crippen molar-refractivity contribution in [2.24, 2.45) is 0 Å². The molecule has 1 aromatic heterocycles. The normalized spacial score (nSPS) is 18.3. The molecule has 196 valence electrons. The van der Waals surface area contributed by atoms with Crippen LogP contribution in [0.1, 0.15) is 70.6 Å². The first-order valence-electron chi connectivity index (χ1n) is 12.8. The van der Waals surface area contributed by atoms with E-state index in [2.05, 4.69) is 28.8 Å². The molecule has 0 saturated heterocycles. The molecule has 1 aliphatic rings. The number of aromatic nitrogens is 2. The lowest BCUT2D eigenvalue weighted by molar-refractivity contribution is -0.947. The Balaban J connectivity index is 1.65. The van der Waals surface area contributed by atoms with Crippen molar-refractivity contribution in [3.63, 3.8) is 0 Å². The minimum atomic E-state index is -0.422. The minimum Gasteiger partial charge on any atom is -0.475 e. The molecule has 9 heteroatoms. The lowest BCUT2D eigenvalue weighted by atomic mass is 10.0. The van der Waals surface area contributed by atoms with Gasteiger partial charge in [-0.05, 0) is 12.5 Å². The third-order valence-electron chi connectivity index (χ3n) is 6.43. The first-order valence-corrected chi connectivity index (χ1v) is 13.5. The number of unbranched alkanes of at least 4 members (excludes halogenated alkanes) is 3. The van der Waals surface area contributed by atoms with Crippen molar-refractivity contribution in [3.8, 4) is 11.6 Å². The Morgan fingerprint density at radius 3 is 2.69 bits per heavy atom. The van der Waals surface area contributed by atoms with Crippen molar-refractivity contribution < 1.29 is 28.3 Å². The first kappa shape index (κ1) is 27.8. The van der Waals surface area contributed by atoms with Crippen molar-refractivity contribution in [1.29, 1.82) is 0 Å². The smallest absolute Gasteiger partial charge is 0.314 e. The number of nitrogens with zero attached hydrogens (tertiary/aromatic N) is 3. The summed E-state index contributed by atoms with van der Waals surface area (Å²) >= 11 is 1.17. The van der Waals surface area contributed by atoms with Gasteiger partial charge >= 0.3 is 11.9 Å². The van der Waals surface area contributed by atoms with Crippen molar-refractivity contribution in [3.05, 3.63) is 41.6 Å². The monoisotopic (exact) mass is 516 g/mol. The van der Waals surface area contributed by atoms with Gasteiger partial charge in [0.05, 0.1) is 38.3 Å². The molecule has 36 heavy (non-hydrogen) atoms. The highest BCUT2D eigenvalue weighted by atomic mass is 32.1. The molecule has 0 spiro atoms. The topological polar surface area (TPSA) is 87.6 Å². The molecule has 1 aromatic carbocycles. The highest BCUT2D eigenvalue weighted by Gasteiger charge is 2.38. The van der Waals surface area contributed by atoms with E-state index in [4.69, 9.17) is 14.2 Å². The maximum atomic E-state index is 12.9. The Kier molecular flexibility index (Phi) is 10.4. The summed E-state index contributed by atoms with van der Waals surface area (Å²) in [6.07, 6.45) is 8.00. The van der Waals surface area contributed by atoms with Crippen LogP contribution in [-0.2, 0) is 20.7 Å². The van der Waals surface area contributed by atoms with E-state index in [1.54, 1.807) is 18.2 Å². The van der Waals surface area contributed by atoms with E-state index >= 15 is 0 Å². The van der Waals surface area contributed by atoms with Crippen molar-refractivity contribution >= 4 is 29.2 Å². The molecule has 0 aliphatic carbocycles. The second kappa shape index (κ2) is 13.5. The molecule has 0 N–H and O–H groups in total. The van der Waals surface area contributed by atoms with Crippen LogP contribution < -0.4 is 9.47 Å². The maximum Gasteiger partial charge on any atom is 0.314 e. The van der Waals surface area contributed by atoms with Crippen LogP contribution in [0.25, 0.3) is 5.57 Å². The van der Waals surface area contributed by atoms with Gasteiger partial charge in [0.15, 0.2) is 0 Å². The van der Waals surface area contributed by atoms with E-state index in [9.17, 15) is 9.59 Å². The van der Waals surface area contributed by atoms with Gasteiger partial charge in [-0.15, -0.1) is 4.37 Å². The number of likely N-dealkylation sites (N-methyl/N-ethyl adjacent to an activating group) is 1. The molecular formula is C27H38N3O5S+. The van der Waals surface area contributed by atoms with Crippen LogP contribution in [0.15, 0.2) is 30.3 Å². The lowest BCUT2D eigenvalue weighted by Crippen LogP contribution is -2.56. The number of carbonyl (C=O) groups is 2. The van der Waals surface area contributed by atoms with Crippen LogP contribution in [0.4, 0.5) is 0 Å². The Bertz CT molecular complexity index is 1050. The summed E-state index contributed by atoms with van der Waals surface area (Å²) in [7, 11) is 2.12. The third-order valence-corrected chi connectivity index (χ3v) is 6.95. The van der Waals surface area contributed by atoms with Gasteiger partial charge in [0, 0.05) is 30.9 Å². The SMILES string of the molecule is CCCCCCOc1nsnc1C1=CCC[N+](C)(C(CC)OC(=O)Cc2ccccc2OC(C)=O)C1. The fourth-order valence-electron chi connectivity index (χ4n) is 4.56. The summed E-state index contributed by atoms with van der Waals surface area (Å²) in [6.45, 7) is 7.73. The highest BCUT2D eigenvalue weighted by molar-refractivity contribution is 6.99. The first-order chi connectivity index (χ1) is 17.4. The van der Waals surface area contributed by atoms with Gasteiger partial charge in [0.25, 0.3) is 5.88 Å². The highest BCUT2D eigenvalue weighted by Crippen LogP contribution is 2.32. The predicted molar refractivity (Wildman–Crippen MR) is 140 cm³/mol. The maximum absolute atomic E-state index is 12.9. The van der Waals surface area contributed by atoms with Gasteiger partial charge in [0.1, 0.15) is 18.0 Å². The fraction of sp³-hybridized carbons (Fsp3) is 0.556. The average Bonchev–Trinajstić information content (AvgIpc) is 3.32. The Labute approximate surface area is 218 Å². The van der Waals surface area contributed by atoms with E-state index in [0.717, 1.165) is 37.1 Å². The molecule has 2 heterocycles. The number of hydrogen-bond donors (Lipinski definition) is 0. The molecule has 2 aromatic rings. The summed E-state index contributed by atoms with van der Waals surface area (Å²) in [4.78, 5) is 24.3. The number of quaternary nitrogens is 1. The molecule has 0 fully saturated rings. The zero-order chi connectivity index (χ0) is 26.0. The number of hydrogen-bond acceptors (Lipinski definition) is 8. The molecule has 8 nitrogen and oxygen atoms in total.